The molecule has 9 heteroatoms. The van der Waals surface area contributed by atoms with E-state index in [1.165, 1.54) is 12.7 Å². The SMILES string of the molecule is COc1c(Nc2cc(Nc3ccncn3)ncn2)ccc2c1CNC2=O. The quantitative estimate of drug-likeness (QED) is 0.641. The van der Waals surface area contributed by atoms with Crippen LogP contribution in [0.3, 0.4) is 0 Å². The number of hydrogen-bond acceptors (Lipinski definition) is 8. The van der Waals surface area contributed by atoms with E-state index >= 15 is 0 Å². The molecule has 3 N–H and O–H groups in total. The number of nitrogens with zero attached hydrogens (tertiary/aromatic N) is 4. The molecule has 0 spiro atoms. The van der Waals surface area contributed by atoms with E-state index in [2.05, 4.69) is 35.9 Å². The summed E-state index contributed by atoms with van der Waals surface area (Å²) in [5.41, 5.74) is 2.17. The Bertz CT molecular complexity index is 963. The van der Waals surface area contributed by atoms with E-state index in [0.717, 1.165) is 11.3 Å². The standard InChI is InChI=1S/C17H15N7O2/c1-26-16-11-7-19-17(25)10(11)2-3-12(16)23-14-6-15(22-9-21-14)24-13-4-5-18-8-20-13/h2-6,8-9H,7H2,1H3,(H,19,25)(H2,18,20,21,22,23,24). The number of amides is 1. The van der Waals surface area contributed by atoms with Crippen LogP contribution in [0.15, 0.2) is 43.1 Å². The first-order valence-electron chi connectivity index (χ1n) is 7.85. The molecule has 4 rings (SSSR count). The largest absolute Gasteiger partial charge is 0.494 e. The summed E-state index contributed by atoms with van der Waals surface area (Å²) in [6.07, 6.45) is 4.53. The number of ether oxygens (including phenoxy) is 1. The summed E-state index contributed by atoms with van der Waals surface area (Å²) in [5, 5.41) is 9.08. The molecule has 0 radical (unpaired) electrons. The van der Waals surface area contributed by atoms with Crippen molar-refractivity contribution < 1.29 is 9.53 Å². The van der Waals surface area contributed by atoms with Crippen molar-refractivity contribution >= 4 is 29.0 Å². The van der Waals surface area contributed by atoms with Crippen LogP contribution in [0.25, 0.3) is 0 Å². The van der Waals surface area contributed by atoms with Gasteiger partial charge < -0.3 is 20.7 Å². The zero-order valence-corrected chi connectivity index (χ0v) is 13.9. The van der Waals surface area contributed by atoms with Crippen LogP contribution in [0.4, 0.5) is 23.1 Å². The summed E-state index contributed by atoms with van der Waals surface area (Å²) < 4.78 is 5.50. The van der Waals surface area contributed by atoms with Crippen molar-refractivity contribution in [2.45, 2.75) is 6.54 Å². The third-order valence-corrected chi connectivity index (χ3v) is 3.90. The van der Waals surface area contributed by atoms with Crippen molar-refractivity contribution in [2.75, 3.05) is 17.7 Å². The van der Waals surface area contributed by atoms with Crippen LogP contribution in [0, 0.1) is 0 Å². The van der Waals surface area contributed by atoms with Crippen LogP contribution in [-0.2, 0) is 6.54 Å². The van der Waals surface area contributed by atoms with Gasteiger partial charge in [0.2, 0.25) is 0 Å². The number of carbonyl (C=O) groups is 1. The number of carbonyl (C=O) groups excluding carboxylic acids is 1. The number of fused-ring (bicyclic) bond motifs is 1. The Morgan fingerprint density at radius 2 is 1.85 bits per heavy atom. The van der Waals surface area contributed by atoms with Crippen LogP contribution in [0.5, 0.6) is 5.75 Å². The zero-order chi connectivity index (χ0) is 17.9. The highest BCUT2D eigenvalue weighted by Crippen LogP contribution is 2.35. The smallest absolute Gasteiger partial charge is 0.252 e. The average molecular weight is 349 g/mol. The molecule has 0 atom stereocenters. The van der Waals surface area contributed by atoms with Crippen LogP contribution in [-0.4, -0.2) is 33.0 Å². The number of nitrogens with one attached hydrogen (secondary N) is 3. The molecule has 0 saturated carbocycles. The minimum absolute atomic E-state index is 0.0942. The normalized spacial score (nSPS) is 12.3. The predicted octanol–water partition coefficient (Wildman–Crippen LogP) is 2.01. The van der Waals surface area contributed by atoms with Gasteiger partial charge in [0.1, 0.15) is 35.9 Å². The van der Waals surface area contributed by atoms with Gasteiger partial charge in [-0.25, -0.2) is 19.9 Å². The molecule has 26 heavy (non-hydrogen) atoms. The molecule has 9 nitrogen and oxygen atoms in total. The number of methoxy groups -OCH3 is 1. The first kappa shape index (κ1) is 15.8. The lowest BCUT2D eigenvalue weighted by molar-refractivity contribution is 0.0966. The lowest BCUT2D eigenvalue weighted by atomic mass is 10.1. The lowest BCUT2D eigenvalue weighted by Crippen LogP contribution is -2.12. The predicted molar refractivity (Wildman–Crippen MR) is 94.8 cm³/mol. The Labute approximate surface area is 148 Å². The third kappa shape index (κ3) is 2.97. The van der Waals surface area contributed by atoms with Gasteiger partial charge in [-0.15, -0.1) is 0 Å². The lowest BCUT2D eigenvalue weighted by Gasteiger charge is -2.14. The van der Waals surface area contributed by atoms with E-state index in [1.54, 1.807) is 37.6 Å². The number of rotatable bonds is 5. The Kier molecular flexibility index (Phi) is 4.02. The van der Waals surface area contributed by atoms with E-state index in [1.807, 2.05) is 0 Å². The van der Waals surface area contributed by atoms with E-state index in [-0.39, 0.29) is 5.91 Å². The fourth-order valence-electron chi connectivity index (χ4n) is 2.74. The minimum atomic E-state index is -0.0942. The second-order valence-corrected chi connectivity index (χ2v) is 5.49. The highest BCUT2D eigenvalue weighted by Gasteiger charge is 2.24. The average Bonchev–Trinajstić information content (AvgIpc) is 3.04. The van der Waals surface area contributed by atoms with Gasteiger partial charge in [0.05, 0.1) is 12.8 Å². The number of benzene rings is 1. The molecular formula is C17H15N7O2. The Morgan fingerprint density at radius 1 is 1.04 bits per heavy atom. The van der Waals surface area contributed by atoms with E-state index in [0.29, 0.717) is 35.3 Å². The molecule has 1 aliphatic heterocycles. The second kappa shape index (κ2) is 6.63. The van der Waals surface area contributed by atoms with Gasteiger partial charge in [-0.2, -0.15) is 0 Å². The van der Waals surface area contributed by atoms with Crippen molar-refractivity contribution in [2.24, 2.45) is 0 Å². The summed E-state index contributed by atoms with van der Waals surface area (Å²) >= 11 is 0. The summed E-state index contributed by atoms with van der Waals surface area (Å²) in [4.78, 5) is 28.2. The monoisotopic (exact) mass is 349 g/mol. The van der Waals surface area contributed by atoms with Gasteiger partial charge in [0, 0.05) is 29.9 Å². The molecule has 1 amide bonds. The zero-order valence-electron chi connectivity index (χ0n) is 13.9. The molecular weight excluding hydrogens is 334 g/mol. The van der Waals surface area contributed by atoms with E-state index in [9.17, 15) is 4.79 Å². The van der Waals surface area contributed by atoms with Gasteiger partial charge in [-0.3, -0.25) is 4.79 Å². The summed E-state index contributed by atoms with van der Waals surface area (Å²) in [5.74, 6) is 2.31. The minimum Gasteiger partial charge on any atom is -0.494 e. The maximum absolute atomic E-state index is 11.8. The highest BCUT2D eigenvalue weighted by molar-refractivity contribution is 6.00. The molecule has 1 aromatic carbocycles. The van der Waals surface area contributed by atoms with Gasteiger partial charge in [0.25, 0.3) is 5.91 Å². The molecule has 2 aromatic heterocycles. The second-order valence-electron chi connectivity index (χ2n) is 5.49. The van der Waals surface area contributed by atoms with Gasteiger partial charge in [-0.1, -0.05) is 0 Å². The number of hydrogen-bond donors (Lipinski definition) is 3. The first-order chi connectivity index (χ1) is 12.7. The van der Waals surface area contributed by atoms with Crippen LogP contribution < -0.4 is 20.7 Å². The fraction of sp³-hybridized carbons (Fsp3) is 0.118. The van der Waals surface area contributed by atoms with Gasteiger partial charge in [0.15, 0.2) is 0 Å². The third-order valence-electron chi connectivity index (χ3n) is 3.90. The van der Waals surface area contributed by atoms with Crippen molar-refractivity contribution in [1.82, 2.24) is 25.3 Å². The molecule has 0 aliphatic carbocycles. The molecule has 3 aromatic rings. The molecule has 130 valence electrons. The molecule has 3 heterocycles. The van der Waals surface area contributed by atoms with Crippen LogP contribution in [0.2, 0.25) is 0 Å². The van der Waals surface area contributed by atoms with E-state index in [4.69, 9.17) is 4.74 Å². The maximum Gasteiger partial charge on any atom is 0.252 e. The molecule has 0 bridgehead atoms. The first-order valence-corrected chi connectivity index (χ1v) is 7.85. The molecule has 1 aliphatic rings. The summed E-state index contributed by atoms with van der Waals surface area (Å²) in [6.45, 7) is 0.442. The van der Waals surface area contributed by atoms with Crippen LogP contribution >= 0.6 is 0 Å². The van der Waals surface area contributed by atoms with E-state index < -0.39 is 0 Å². The van der Waals surface area contributed by atoms with Crippen molar-refractivity contribution in [3.63, 3.8) is 0 Å². The Morgan fingerprint density at radius 3 is 2.62 bits per heavy atom. The topological polar surface area (TPSA) is 114 Å². The van der Waals surface area contributed by atoms with Crippen molar-refractivity contribution in [3.05, 3.63) is 54.2 Å². The van der Waals surface area contributed by atoms with Gasteiger partial charge >= 0.3 is 0 Å². The Balaban J connectivity index is 1.60. The van der Waals surface area contributed by atoms with Crippen molar-refractivity contribution in [1.29, 1.82) is 0 Å². The number of anilines is 4. The maximum atomic E-state index is 11.8. The Hall–Kier alpha value is -3.75. The fourth-order valence-corrected chi connectivity index (χ4v) is 2.74. The van der Waals surface area contributed by atoms with Gasteiger partial charge in [-0.05, 0) is 18.2 Å². The highest BCUT2D eigenvalue weighted by atomic mass is 16.5. The van der Waals surface area contributed by atoms with Crippen molar-refractivity contribution in [3.8, 4) is 5.75 Å². The molecule has 0 unspecified atom stereocenters. The molecule has 0 fully saturated rings. The summed E-state index contributed by atoms with van der Waals surface area (Å²) in [7, 11) is 1.58. The summed E-state index contributed by atoms with van der Waals surface area (Å²) in [6, 6.07) is 7.05. The molecule has 0 saturated heterocycles. The van der Waals surface area contributed by atoms with Crippen LogP contribution in [0.1, 0.15) is 15.9 Å². The number of aromatic nitrogens is 4.